The maximum atomic E-state index is 15.2. The van der Waals surface area contributed by atoms with E-state index in [1.807, 2.05) is 23.6 Å². The highest BCUT2D eigenvalue weighted by Crippen LogP contribution is 2.42. The molecule has 2 heterocycles. The molecule has 3 aromatic carbocycles. The minimum Gasteiger partial charge on any atom is -0.291 e. The zero-order chi connectivity index (χ0) is 29.5. The molecule has 0 radical (unpaired) electrons. The van der Waals surface area contributed by atoms with E-state index < -0.39 is 28.0 Å². The molecule has 1 saturated heterocycles. The van der Waals surface area contributed by atoms with Crippen LogP contribution in [0, 0.1) is 24.4 Å². The first kappa shape index (κ1) is 28.9. The maximum Gasteiger partial charge on any atom is 0.286 e. The van der Waals surface area contributed by atoms with Crippen LogP contribution in [0.25, 0.3) is 5.69 Å². The third kappa shape index (κ3) is 5.72. The minimum atomic E-state index is -0.730. The zero-order valence-corrected chi connectivity index (χ0v) is 24.8. The van der Waals surface area contributed by atoms with Crippen LogP contribution < -0.4 is 5.32 Å². The van der Waals surface area contributed by atoms with Crippen LogP contribution in [0.2, 0.25) is 5.02 Å². The van der Waals surface area contributed by atoms with E-state index in [1.54, 1.807) is 12.1 Å². The van der Waals surface area contributed by atoms with Gasteiger partial charge in [0, 0.05) is 27.9 Å². The summed E-state index contributed by atoms with van der Waals surface area (Å²) in [6.45, 7) is 1.96. The van der Waals surface area contributed by atoms with Gasteiger partial charge < -0.3 is 0 Å². The van der Waals surface area contributed by atoms with Gasteiger partial charge in [0.2, 0.25) is 5.91 Å². The van der Waals surface area contributed by atoms with Crippen LogP contribution in [0.1, 0.15) is 52.4 Å². The number of nitrogens with zero attached hydrogens (tertiary/aromatic N) is 2. The lowest BCUT2D eigenvalue weighted by Crippen LogP contribution is -2.25. The van der Waals surface area contributed by atoms with E-state index in [0.29, 0.717) is 21.4 Å². The number of aromatic nitrogens is 2. The first-order valence-electron chi connectivity index (χ1n) is 13.4. The molecule has 1 aliphatic heterocycles. The smallest absolute Gasteiger partial charge is 0.286 e. The first-order chi connectivity index (χ1) is 20.2. The van der Waals surface area contributed by atoms with Crippen molar-refractivity contribution >= 4 is 46.3 Å². The number of thioether (sulfide) groups is 2. The molecule has 1 aromatic heterocycles. The van der Waals surface area contributed by atoms with Crippen LogP contribution in [-0.4, -0.2) is 25.9 Å². The van der Waals surface area contributed by atoms with Gasteiger partial charge in [0.05, 0.1) is 16.6 Å². The molecule has 4 aromatic rings. The molecule has 1 fully saturated rings. The van der Waals surface area contributed by atoms with Gasteiger partial charge in [0.1, 0.15) is 17.5 Å². The monoisotopic (exact) mass is 627 g/mol. The number of hydrogen-bond donors (Lipinski definition) is 1. The predicted octanol–water partition coefficient (Wildman–Crippen LogP) is 7.91. The van der Waals surface area contributed by atoms with E-state index in [1.165, 1.54) is 36.0 Å². The molecule has 1 aliphatic carbocycles. The number of rotatable bonds is 7. The third-order valence-electron chi connectivity index (χ3n) is 7.60. The largest absolute Gasteiger partial charge is 0.291 e. The van der Waals surface area contributed by atoms with E-state index in [9.17, 15) is 14.0 Å². The second-order valence-corrected chi connectivity index (χ2v) is 12.9. The van der Waals surface area contributed by atoms with Gasteiger partial charge in [-0.3, -0.25) is 19.5 Å². The van der Waals surface area contributed by atoms with Crippen molar-refractivity contribution in [1.82, 2.24) is 14.9 Å². The number of imidazole rings is 1. The summed E-state index contributed by atoms with van der Waals surface area (Å²) in [4.78, 5) is 28.3. The first-order valence-corrected chi connectivity index (χ1v) is 15.7. The molecule has 216 valence electrons. The van der Waals surface area contributed by atoms with Gasteiger partial charge >= 0.3 is 0 Å². The Morgan fingerprint density at radius 3 is 2.48 bits per heavy atom. The molecule has 0 bridgehead atoms. The van der Waals surface area contributed by atoms with Gasteiger partial charge in [-0.25, -0.2) is 18.2 Å². The Morgan fingerprint density at radius 1 is 1.07 bits per heavy atom. The molecule has 2 unspecified atom stereocenters. The number of amides is 2. The predicted molar refractivity (Wildman–Crippen MR) is 159 cm³/mol. The highest BCUT2D eigenvalue weighted by molar-refractivity contribution is 8.15. The molecule has 11 heteroatoms. The summed E-state index contributed by atoms with van der Waals surface area (Å²) in [5.74, 6) is -2.31. The zero-order valence-electron chi connectivity index (χ0n) is 22.4. The van der Waals surface area contributed by atoms with Crippen molar-refractivity contribution in [2.24, 2.45) is 0 Å². The van der Waals surface area contributed by atoms with Crippen molar-refractivity contribution < 1.29 is 22.8 Å². The fraction of sp³-hybridized carbons (Fsp3) is 0.258. The lowest BCUT2D eigenvalue weighted by atomic mass is 9.83. The summed E-state index contributed by atoms with van der Waals surface area (Å²) in [5.41, 5.74) is 4.85. The molecule has 42 heavy (non-hydrogen) atoms. The fourth-order valence-electron chi connectivity index (χ4n) is 5.54. The summed E-state index contributed by atoms with van der Waals surface area (Å²) in [5, 5.41) is 2.25. The highest BCUT2D eigenvalue weighted by atomic mass is 35.5. The van der Waals surface area contributed by atoms with Crippen LogP contribution in [0.15, 0.2) is 59.8 Å². The van der Waals surface area contributed by atoms with Crippen LogP contribution in [0.3, 0.4) is 0 Å². The van der Waals surface area contributed by atoms with E-state index in [-0.39, 0.29) is 29.5 Å². The number of fused-ring (bicyclic) bond motifs is 1. The van der Waals surface area contributed by atoms with Gasteiger partial charge in [-0.15, -0.1) is 0 Å². The van der Waals surface area contributed by atoms with Crippen LogP contribution >= 0.6 is 35.1 Å². The van der Waals surface area contributed by atoms with Crippen molar-refractivity contribution in [1.29, 1.82) is 0 Å². The Labute approximate surface area is 254 Å². The SMILES string of the molecule is Cc1cc(C2CCCc3nc(SCc4c(F)cc(CC5SC(=O)NC5=O)cc4F)n(-c4ccc(F)cc4)c32)ccc1Cl. The number of nitrogens with one attached hydrogen (secondary N) is 1. The molecule has 2 aliphatic rings. The summed E-state index contributed by atoms with van der Waals surface area (Å²) >= 11 is 8.33. The topological polar surface area (TPSA) is 64.0 Å². The van der Waals surface area contributed by atoms with Crippen molar-refractivity contribution in [2.45, 2.75) is 54.7 Å². The Bertz CT molecular complexity index is 1690. The minimum absolute atomic E-state index is 0.0157. The van der Waals surface area contributed by atoms with Crippen LogP contribution in [-0.2, 0) is 23.4 Å². The number of carbonyl (C=O) groups is 2. The summed E-state index contributed by atoms with van der Waals surface area (Å²) in [6, 6.07) is 14.5. The highest BCUT2D eigenvalue weighted by Gasteiger charge is 2.33. The van der Waals surface area contributed by atoms with E-state index in [2.05, 4.69) is 11.4 Å². The Kier molecular flexibility index (Phi) is 8.13. The molecule has 5 nitrogen and oxygen atoms in total. The van der Waals surface area contributed by atoms with E-state index >= 15 is 8.78 Å². The van der Waals surface area contributed by atoms with E-state index in [0.717, 1.165) is 53.5 Å². The normalized spacial score (nSPS) is 18.3. The average Bonchev–Trinajstić information content (AvgIpc) is 3.48. The summed E-state index contributed by atoms with van der Waals surface area (Å²) < 4.78 is 46.3. The van der Waals surface area contributed by atoms with Crippen molar-refractivity contribution in [3.05, 3.63) is 111 Å². The van der Waals surface area contributed by atoms with Crippen molar-refractivity contribution in [2.75, 3.05) is 0 Å². The number of benzene rings is 3. The van der Waals surface area contributed by atoms with E-state index in [4.69, 9.17) is 16.6 Å². The molecule has 1 N–H and O–H groups in total. The number of aryl methyl sites for hydroxylation is 2. The number of hydrogen-bond acceptors (Lipinski definition) is 5. The summed E-state index contributed by atoms with van der Waals surface area (Å²) in [6.07, 6.45) is 2.61. The number of carbonyl (C=O) groups excluding carboxylic acids is 2. The third-order valence-corrected chi connectivity index (χ3v) is 9.97. The average molecular weight is 628 g/mol. The van der Waals surface area contributed by atoms with Crippen molar-refractivity contribution in [3.63, 3.8) is 0 Å². The van der Waals surface area contributed by atoms with Crippen molar-refractivity contribution in [3.8, 4) is 5.69 Å². The number of halogens is 4. The molecular weight excluding hydrogens is 603 g/mol. The van der Waals surface area contributed by atoms with Gasteiger partial charge in [-0.05, 0) is 91.8 Å². The van der Waals surface area contributed by atoms with Crippen LogP contribution in [0.4, 0.5) is 18.0 Å². The molecular formula is C31H25ClF3N3O2S2. The lowest BCUT2D eigenvalue weighted by Gasteiger charge is -2.25. The second-order valence-electron chi connectivity index (χ2n) is 10.4. The van der Waals surface area contributed by atoms with Gasteiger partial charge in [0.25, 0.3) is 5.24 Å². The lowest BCUT2D eigenvalue weighted by molar-refractivity contribution is -0.118. The van der Waals surface area contributed by atoms with Gasteiger partial charge in [0.15, 0.2) is 5.16 Å². The molecule has 2 amide bonds. The molecule has 6 rings (SSSR count). The van der Waals surface area contributed by atoms with Gasteiger partial charge in [-0.2, -0.15) is 0 Å². The fourth-order valence-corrected chi connectivity index (χ4v) is 7.58. The maximum absolute atomic E-state index is 15.2. The second kappa shape index (κ2) is 11.8. The standard InChI is InChI=1S/C31H25ClF3N3O2S2/c1-16-11-18(5-10-23(16)32)21-3-2-4-26-28(21)38(20-8-6-19(33)7-9-20)30(36-26)41-15-22-24(34)12-17(13-25(22)35)14-27-29(39)37-31(40)42-27/h5-13,21,27H,2-4,14-15H2,1H3,(H,37,39,40). The Morgan fingerprint density at radius 2 is 1.81 bits per heavy atom. The quantitative estimate of drug-likeness (QED) is 0.211. The van der Waals surface area contributed by atoms with Crippen LogP contribution in [0.5, 0.6) is 0 Å². The molecule has 0 saturated carbocycles. The Balaban J connectivity index is 1.33. The number of imide groups is 1. The Hall–Kier alpha value is -3.21. The molecule has 0 spiro atoms. The summed E-state index contributed by atoms with van der Waals surface area (Å²) in [7, 11) is 0. The van der Waals surface area contributed by atoms with Gasteiger partial charge in [-0.1, -0.05) is 47.3 Å². The molecule has 2 atom stereocenters.